The second-order valence-electron chi connectivity index (χ2n) is 4.46. The van der Waals surface area contributed by atoms with Gasteiger partial charge in [0, 0.05) is 29.2 Å². The van der Waals surface area contributed by atoms with Gasteiger partial charge in [0.05, 0.1) is 4.90 Å². The Kier molecular flexibility index (Phi) is 5.14. The van der Waals surface area contributed by atoms with Crippen LogP contribution in [0.2, 0.25) is 5.02 Å². The van der Waals surface area contributed by atoms with Crippen molar-refractivity contribution in [2.45, 2.75) is 28.7 Å². The standard InChI is InChI=1S/C12H16ClNO3S2/c13-10-5-9(6-12(7-10)19(14,15)16)8-18-11-1-3-17-4-2-11/h5-7,11H,1-4,8H2,(H2,14,15,16). The van der Waals surface area contributed by atoms with Crippen LogP contribution in [0.25, 0.3) is 0 Å². The first-order valence-electron chi connectivity index (χ1n) is 5.97. The molecule has 4 nitrogen and oxygen atoms in total. The van der Waals surface area contributed by atoms with E-state index < -0.39 is 10.0 Å². The minimum Gasteiger partial charge on any atom is -0.381 e. The Balaban J connectivity index is 2.05. The topological polar surface area (TPSA) is 69.4 Å². The van der Waals surface area contributed by atoms with E-state index in [1.165, 1.54) is 6.07 Å². The molecule has 0 saturated carbocycles. The highest BCUT2D eigenvalue weighted by molar-refractivity contribution is 7.99. The van der Waals surface area contributed by atoms with E-state index >= 15 is 0 Å². The molecule has 0 atom stereocenters. The summed E-state index contributed by atoms with van der Waals surface area (Å²) in [4.78, 5) is 0.0718. The zero-order chi connectivity index (χ0) is 13.9. The summed E-state index contributed by atoms with van der Waals surface area (Å²) >= 11 is 7.73. The summed E-state index contributed by atoms with van der Waals surface area (Å²) in [5.74, 6) is 0.730. The summed E-state index contributed by atoms with van der Waals surface area (Å²) in [6.45, 7) is 1.60. The molecule has 106 valence electrons. The van der Waals surface area contributed by atoms with Crippen LogP contribution in [-0.4, -0.2) is 26.9 Å². The van der Waals surface area contributed by atoms with Gasteiger partial charge < -0.3 is 4.74 Å². The van der Waals surface area contributed by atoms with Gasteiger partial charge in [0.2, 0.25) is 10.0 Å². The molecule has 2 rings (SSSR count). The maximum absolute atomic E-state index is 11.3. The Morgan fingerprint density at radius 1 is 1.32 bits per heavy atom. The third-order valence-electron chi connectivity index (χ3n) is 2.91. The molecule has 1 aliphatic heterocycles. The average molecular weight is 322 g/mol. The fourth-order valence-electron chi connectivity index (χ4n) is 1.93. The first kappa shape index (κ1) is 15.1. The van der Waals surface area contributed by atoms with Gasteiger partial charge in [0.1, 0.15) is 0 Å². The number of thioether (sulfide) groups is 1. The number of nitrogens with two attached hydrogens (primary N) is 1. The van der Waals surface area contributed by atoms with E-state index in [0.29, 0.717) is 10.3 Å². The fraction of sp³-hybridized carbons (Fsp3) is 0.500. The van der Waals surface area contributed by atoms with E-state index in [1.54, 1.807) is 23.9 Å². The van der Waals surface area contributed by atoms with Crippen LogP contribution in [-0.2, 0) is 20.5 Å². The Hall–Kier alpha value is -0.270. The normalized spacial score (nSPS) is 17.6. The molecule has 1 aliphatic rings. The predicted octanol–water partition coefficient (Wildman–Crippen LogP) is 2.40. The molecule has 0 aromatic heterocycles. The number of primary sulfonamides is 1. The minimum atomic E-state index is -3.70. The van der Waals surface area contributed by atoms with Crippen LogP contribution in [0.4, 0.5) is 0 Å². The predicted molar refractivity (Wildman–Crippen MR) is 78.0 cm³/mol. The monoisotopic (exact) mass is 321 g/mol. The number of hydrogen-bond acceptors (Lipinski definition) is 4. The quantitative estimate of drug-likeness (QED) is 0.924. The molecule has 1 saturated heterocycles. The highest BCUT2D eigenvalue weighted by atomic mass is 35.5. The van der Waals surface area contributed by atoms with E-state index in [-0.39, 0.29) is 4.90 Å². The van der Waals surface area contributed by atoms with Gasteiger partial charge in [-0.15, -0.1) is 0 Å². The Labute approximate surface area is 122 Å². The van der Waals surface area contributed by atoms with Crippen LogP contribution < -0.4 is 5.14 Å². The molecule has 0 aliphatic carbocycles. The third-order valence-corrected chi connectivity index (χ3v) is 5.47. The second-order valence-corrected chi connectivity index (χ2v) is 7.75. The average Bonchev–Trinajstić information content (AvgIpc) is 2.36. The Bertz CT molecular complexity index is 542. The van der Waals surface area contributed by atoms with Gasteiger partial charge in [-0.2, -0.15) is 11.8 Å². The van der Waals surface area contributed by atoms with Crippen molar-refractivity contribution in [1.82, 2.24) is 0 Å². The molecule has 1 fully saturated rings. The zero-order valence-electron chi connectivity index (χ0n) is 10.3. The van der Waals surface area contributed by atoms with Gasteiger partial charge in [-0.25, -0.2) is 13.6 Å². The van der Waals surface area contributed by atoms with Gasteiger partial charge in [-0.05, 0) is 36.6 Å². The molecule has 0 bridgehead atoms. The van der Waals surface area contributed by atoms with Crippen molar-refractivity contribution in [1.29, 1.82) is 0 Å². The third kappa shape index (κ3) is 4.65. The Morgan fingerprint density at radius 2 is 2.00 bits per heavy atom. The molecule has 19 heavy (non-hydrogen) atoms. The lowest BCUT2D eigenvalue weighted by Gasteiger charge is -2.21. The van der Waals surface area contributed by atoms with E-state index in [4.69, 9.17) is 21.5 Å². The lowest BCUT2D eigenvalue weighted by molar-refractivity contribution is 0.1000. The summed E-state index contributed by atoms with van der Waals surface area (Å²) in [7, 11) is -3.70. The number of halogens is 1. The van der Waals surface area contributed by atoms with Crippen molar-refractivity contribution in [3.63, 3.8) is 0 Å². The van der Waals surface area contributed by atoms with Crippen molar-refractivity contribution in [3.05, 3.63) is 28.8 Å². The molecule has 0 amide bonds. The van der Waals surface area contributed by atoms with Crippen LogP contribution in [0.1, 0.15) is 18.4 Å². The van der Waals surface area contributed by atoms with Crippen molar-refractivity contribution in [2.24, 2.45) is 5.14 Å². The molecule has 1 heterocycles. The first-order chi connectivity index (χ1) is 8.95. The maximum Gasteiger partial charge on any atom is 0.238 e. The molecule has 2 N–H and O–H groups in total. The van der Waals surface area contributed by atoms with Crippen LogP contribution in [0.3, 0.4) is 0 Å². The number of ether oxygens (including phenoxy) is 1. The molecule has 1 aromatic carbocycles. The lowest BCUT2D eigenvalue weighted by Crippen LogP contribution is -2.17. The summed E-state index contributed by atoms with van der Waals surface area (Å²) in [6.07, 6.45) is 2.07. The van der Waals surface area contributed by atoms with E-state index in [1.807, 2.05) is 0 Å². The van der Waals surface area contributed by atoms with Crippen LogP contribution in [0.5, 0.6) is 0 Å². The van der Waals surface area contributed by atoms with Gasteiger partial charge in [0.15, 0.2) is 0 Å². The molecular weight excluding hydrogens is 306 g/mol. The van der Waals surface area contributed by atoms with Crippen LogP contribution >= 0.6 is 23.4 Å². The SMILES string of the molecule is NS(=O)(=O)c1cc(Cl)cc(CSC2CCOCC2)c1. The summed E-state index contributed by atoms with van der Waals surface area (Å²) < 4.78 is 28.0. The van der Waals surface area contributed by atoms with Gasteiger partial charge >= 0.3 is 0 Å². The second kappa shape index (κ2) is 6.45. The first-order valence-corrected chi connectivity index (χ1v) is 8.94. The Morgan fingerprint density at radius 3 is 2.63 bits per heavy atom. The van der Waals surface area contributed by atoms with Crippen LogP contribution in [0.15, 0.2) is 23.1 Å². The largest absolute Gasteiger partial charge is 0.381 e. The lowest BCUT2D eigenvalue weighted by atomic mass is 10.2. The zero-order valence-corrected chi connectivity index (χ0v) is 12.7. The van der Waals surface area contributed by atoms with Crippen molar-refractivity contribution < 1.29 is 13.2 Å². The summed E-state index contributed by atoms with van der Waals surface area (Å²) in [5.41, 5.74) is 0.882. The number of sulfonamides is 1. The van der Waals surface area contributed by atoms with Crippen LogP contribution in [0, 0.1) is 0 Å². The van der Waals surface area contributed by atoms with Gasteiger partial charge in [-0.3, -0.25) is 0 Å². The smallest absolute Gasteiger partial charge is 0.238 e. The minimum absolute atomic E-state index is 0.0718. The fourth-order valence-corrected chi connectivity index (χ4v) is 3.97. The number of hydrogen-bond donors (Lipinski definition) is 1. The molecule has 0 radical (unpaired) electrons. The molecule has 0 spiro atoms. The van der Waals surface area contributed by atoms with Gasteiger partial charge in [0.25, 0.3) is 0 Å². The van der Waals surface area contributed by atoms with Crippen molar-refractivity contribution >= 4 is 33.4 Å². The molecule has 0 unspecified atom stereocenters. The number of benzene rings is 1. The summed E-state index contributed by atoms with van der Waals surface area (Å²) in [5, 5.41) is 6.08. The molecule has 7 heteroatoms. The number of rotatable bonds is 4. The maximum atomic E-state index is 11.3. The van der Waals surface area contributed by atoms with E-state index in [9.17, 15) is 8.42 Å². The van der Waals surface area contributed by atoms with E-state index in [2.05, 4.69) is 0 Å². The highest BCUT2D eigenvalue weighted by Gasteiger charge is 2.15. The van der Waals surface area contributed by atoms with Crippen molar-refractivity contribution in [2.75, 3.05) is 13.2 Å². The molecule has 1 aromatic rings. The van der Waals surface area contributed by atoms with Gasteiger partial charge in [-0.1, -0.05) is 11.6 Å². The highest BCUT2D eigenvalue weighted by Crippen LogP contribution is 2.27. The summed E-state index contributed by atoms with van der Waals surface area (Å²) in [6, 6.07) is 4.75. The molecular formula is C12H16ClNO3S2. The van der Waals surface area contributed by atoms with E-state index in [0.717, 1.165) is 37.4 Å². The van der Waals surface area contributed by atoms with Crippen molar-refractivity contribution in [3.8, 4) is 0 Å².